The van der Waals surface area contributed by atoms with Crippen LogP contribution in [0.1, 0.15) is 37.4 Å². The van der Waals surface area contributed by atoms with E-state index in [1.165, 1.54) is 25.7 Å². The Morgan fingerprint density at radius 2 is 2.00 bits per heavy atom. The van der Waals surface area contributed by atoms with Crippen LogP contribution in [0.5, 0.6) is 0 Å². The van der Waals surface area contributed by atoms with Crippen LogP contribution in [0.25, 0.3) is 5.69 Å². The molecule has 2 fully saturated rings. The van der Waals surface area contributed by atoms with Gasteiger partial charge in [-0.2, -0.15) is 5.10 Å². The summed E-state index contributed by atoms with van der Waals surface area (Å²) in [4.78, 5) is 0. The number of fused-ring (bicyclic) bond motifs is 2. The van der Waals surface area contributed by atoms with Gasteiger partial charge in [-0.05, 0) is 55.4 Å². The number of hydrogen-bond acceptors (Lipinski definition) is 2. The van der Waals surface area contributed by atoms with Gasteiger partial charge in [-0.3, -0.25) is 9.67 Å². The zero-order valence-corrected chi connectivity index (χ0v) is 11.6. The van der Waals surface area contributed by atoms with Gasteiger partial charge in [0.05, 0.1) is 0 Å². The molecule has 0 aliphatic heterocycles. The van der Waals surface area contributed by atoms with Crippen molar-refractivity contribution in [1.82, 2.24) is 14.8 Å². The van der Waals surface area contributed by atoms with Crippen LogP contribution in [0.2, 0.25) is 0 Å². The van der Waals surface area contributed by atoms with Crippen molar-refractivity contribution in [2.45, 2.75) is 31.6 Å². The predicted octanol–water partition coefficient (Wildman–Crippen LogP) is 3.83. The molecule has 19 heavy (non-hydrogen) atoms. The fourth-order valence-electron chi connectivity index (χ4n) is 3.95. The molecule has 3 nitrogen and oxygen atoms in total. The molecule has 98 valence electrons. The molecule has 3 atom stereocenters. The number of aromatic amines is 1. The molecule has 3 unspecified atom stereocenters. The summed E-state index contributed by atoms with van der Waals surface area (Å²) in [6.45, 7) is 0. The summed E-state index contributed by atoms with van der Waals surface area (Å²) in [7, 11) is 0. The number of hydrogen-bond donors (Lipinski definition) is 1. The van der Waals surface area contributed by atoms with E-state index in [1.54, 1.807) is 0 Å². The normalized spacial score (nSPS) is 28.9. The predicted molar refractivity (Wildman–Crippen MR) is 76.9 cm³/mol. The maximum Gasteiger partial charge on any atom is 0.199 e. The van der Waals surface area contributed by atoms with Crippen LogP contribution >= 0.6 is 12.2 Å². The van der Waals surface area contributed by atoms with Crippen molar-refractivity contribution in [3.05, 3.63) is 40.9 Å². The first kappa shape index (κ1) is 11.4. The number of nitrogens with one attached hydrogen (secondary N) is 1. The third kappa shape index (κ3) is 1.77. The van der Waals surface area contributed by atoms with Gasteiger partial charge in [0.15, 0.2) is 4.77 Å². The lowest BCUT2D eigenvalue weighted by Gasteiger charge is -2.21. The van der Waals surface area contributed by atoms with Gasteiger partial charge in [0, 0.05) is 11.6 Å². The molecular formula is C15H17N3S. The molecule has 2 aromatic rings. The number of rotatable bonds is 2. The summed E-state index contributed by atoms with van der Waals surface area (Å²) < 4.78 is 2.84. The molecule has 0 radical (unpaired) electrons. The zero-order valence-electron chi connectivity index (χ0n) is 10.7. The van der Waals surface area contributed by atoms with Crippen molar-refractivity contribution in [3.8, 4) is 5.69 Å². The average Bonchev–Trinajstić information content (AvgIpc) is 3.14. The van der Waals surface area contributed by atoms with Crippen molar-refractivity contribution >= 4 is 12.2 Å². The molecule has 1 heterocycles. The molecule has 2 bridgehead atoms. The number of para-hydroxylation sites is 1. The van der Waals surface area contributed by atoms with Gasteiger partial charge in [0.1, 0.15) is 5.82 Å². The van der Waals surface area contributed by atoms with Crippen LogP contribution in [0.3, 0.4) is 0 Å². The molecule has 2 aliphatic rings. The topological polar surface area (TPSA) is 33.6 Å². The first-order chi connectivity index (χ1) is 9.33. The van der Waals surface area contributed by atoms with E-state index >= 15 is 0 Å². The van der Waals surface area contributed by atoms with Gasteiger partial charge in [-0.25, -0.2) is 0 Å². The third-order valence-electron chi connectivity index (χ3n) is 4.78. The fourth-order valence-corrected chi connectivity index (χ4v) is 4.19. The Labute approximate surface area is 117 Å². The van der Waals surface area contributed by atoms with E-state index in [2.05, 4.69) is 39.0 Å². The minimum absolute atomic E-state index is 0.590. The summed E-state index contributed by atoms with van der Waals surface area (Å²) >= 11 is 5.42. The van der Waals surface area contributed by atoms with Crippen molar-refractivity contribution < 1.29 is 0 Å². The SMILES string of the molecule is S=c1[nH]nc(C2CC3CCC2C3)n1-c1ccccc1. The van der Waals surface area contributed by atoms with Crippen molar-refractivity contribution in [3.63, 3.8) is 0 Å². The first-order valence-corrected chi connectivity index (χ1v) is 7.46. The Morgan fingerprint density at radius 3 is 2.68 bits per heavy atom. The van der Waals surface area contributed by atoms with Crippen molar-refractivity contribution in [1.29, 1.82) is 0 Å². The highest BCUT2D eigenvalue weighted by Gasteiger charge is 2.42. The van der Waals surface area contributed by atoms with Crippen molar-refractivity contribution in [2.24, 2.45) is 11.8 Å². The molecule has 2 saturated carbocycles. The quantitative estimate of drug-likeness (QED) is 0.842. The molecule has 1 N–H and O–H groups in total. The van der Waals surface area contributed by atoms with E-state index in [1.807, 2.05) is 6.07 Å². The molecular weight excluding hydrogens is 254 g/mol. The van der Waals surface area contributed by atoms with Gasteiger partial charge in [-0.15, -0.1) is 0 Å². The maximum atomic E-state index is 5.42. The lowest BCUT2D eigenvalue weighted by atomic mass is 9.88. The molecule has 2 aliphatic carbocycles. The lowest BCUT2D eigenvalue weighted by Crippen LogP contribution is -2.14. The zero-order chi connectivity index (χ0) is 12.8. The van der Waals surface area contributed by atoms with Gasteiger partial charge in [0.2, 0.25) is 0 Å². The molecule has 1 aromatic heterocycles. The highest BCUT2D eigenvalue weighted by atomic mass is 32.1. The minimum atomic E-state index is 0.590. The Kier molecular flexibility index (Phi) is 2.58. The summed E-state index contributed by atoms with van der Waals surface area (Å²) in [6.07, 6.45) is 5.46. The Morgan fingerprint density at radius 1 is 1.16 bits per heavy atom. The van der Waals surface area contributed by atoms with E-state index < -0.39 is 0 Å². The highest BCUT2D eigenvalue weighted by Crippen LogP contribution is 2.52. The Hall–Kier alpha value is -1.42. The van der Waals surface area contributed by atoms with Crippen LogP contribution in [0, 0.1) is 16.6 Å². The monoisotopic (exact) mass is 271 g/mol. The summed E-state index contributed by atoms with van der Waals surface area (Å²) in [5.41, 5.74) is 1.12. The second kappa shape index (κ2) is 4.30. The van der Waals surface area contributed by atoms with Crippen LogP contribution in [0.15, 0.2) is 30.3 Å². The number of aromatic nitrogens is 3. The number of nitrogens with zero attached hydrogens (tertiary/aromatic N) is 2. The largest absolute Gasteiger partial charge is 0.272 e. The number of H-pyrrole nitrogens is 1. The molecule has 0 amide bonds. The summed E-state index contributed by atoms with van der Waals surface area (Å²) in [6, 6.07) is 10.3. The Bertz CT molecular complexity index is 643. The average molecular weight is 271 g/mol. The second-order valence-electron chi connectivity index (χ2n) is 5.84. The van der Waals surface area contributed by atoms with E-state index in [4.69, 9.17) is 12.2 Å². The second-order valence-corrected chi connectivity index (χ2v) is 6.23. The molecule has 0 spiro atoms. The first-order valence-electron chi connectivity index (χ1n) is 7.05. The van der Waals surface area contributed by atoms with E-state index in [-0.39, 0.29) is 0 Å². The number of benzene rings is 1. The maximum absolute atomic E-state index is 5.42. The lowest BCUT2D eigenvalue weighted by molar-refractivity contribution is 0.401. The van der Waals surface area contributed by atoms with Crippen LogP contribution in [0.4, 0.5) is 0 Å². The van der Waals surface area contributed by atoms with Gasteiger partial charge >= 0.3 is 0 Å². The van der Waals surface area contributed by atoms with Crippen LogP contribution in [-0.4, -0.2) is 14.8 Å². The standard InChI is InChI=1S/C15H17N3S/c19-15-17-16-14(13-9-10-6-7-11(13)8-10)18(15)12-4-2-1-3-5-12/h1-5,10-11,13H,6-9H2,(H,17,19). The van der Waals surface area contributed by atoms with E-state index in [9.17, 15) is 0 Å². The highest BCUT2D eigenvalue weighted by molar-refractivity contribution is 7.71. The fraction of sp³-hybridized carbons (Fsp3) is 0.467. The summed E-state index contributed by atoms with van der Waals surface area (Å²) in [5.74, 6) is 3.47. The van der Waals surface area contributed by atoms with E-state index in [0.29, 0.717) is 10.7 Å². The Balaban J connectivity index is 1.80. The van der Waals surface area contributed by atoms with Gasteiger partial charge in [0.25, 0.3) is 0 Å². The van der Waals surface area contributed by atoms with Crippen LogP contribution < -0.4 is 0 Å². The molecule has 4 heteroatoms. The van der Waals surface area contributed by atoms with E-state index in [0.717, 1.165) is 23.3 Å². The van der Waals surface area contributed by atoms with Gasteiger partial charge in [-0.1, -0.05) is 24.6 Å². The van der Waals surface area contributed by atoms with Crippen molar-refractivity contribution in [2.75, 3.05) is 0 Å². The minimum Gasteiger partial charge on any atom is -0.272 e. The molecule has 4 rings (SSSR count). The summed E-state index contributed by atoms with van der Waals surface area (Å²) in [5, 5.41) is 7.53. The van der Waals surface area contributed by atoms with Crippen LogP contribution in [-0.2, 0) is 0 Å². The molecule has 1 aromatic carbocycles. The third-order valence-corrected chi connectivity index (χ3v) is 5.06. The smallest absolute Gasteiger partial charge is 0.199 e. The molecule has 0 saturated heterocycles. The van der Waals surface area contributed by atoms with Gasteiger partial charge < -0.3 is 0 Å².